The second kappa shape index (κ2) is 69.2. The molecule has 0 heterocycles. The van der Waals surface area contributed by atoms with Crippen LogP contribution >= 0.6 is 15.6 Å². The number of phosphoric ester groups is 2. The average molecular weight is 1400 g/mol. The van der Waals surface area contributed by atoms with Crippen LogP contribution in [0.3, 0.4) is 0 Å². The number of aliphatic hydroxyl groups is 1. The van der Waals surface area contributed by atoms with Gasteiger partial charge < -0.3 is 33.8 Å². The number of phosphoric acid groups is 2. The van der Waals surface area contributed by atoms with Gasteiger partial charge in [-0.25, -0.2) is 9.13 Å². The molecule has 0 fully saturated rings. The van der Waals surface area contributed by atoms with Gasteiger partial charge in [0.1, 0.15) is 19.3 Å². The van der Waals surface area contributed by atoms with Gasteiger partial charge in [-0.15, -0.1) is 0 Å². The van der Waals surface area contributed by atoms with Crippen molar-refractivity contribution in [2.45, 2.75) is 419 Å². The smallest absolute Gasteiger partial charge is 0.462 e. The van der Waals surface area contributed by atoms with E-state index < -0.39 is 97.5 Å². The Balaban J connectivity index is 5.21. The summed E-state index contributed by atoms with van der Waals surface area (Å²) in [5.74, 6) is -1.31. The minimum atomic E-state index is -4.96. The zero-order valence-corrected chi connectivity index (χ0v) is 63.6. The molecule has 0 saturated carbocycles. The number of carbonyl (C=O) groups excluding carboxylic acids is 4. The number of carbonyl (C=O) groups is 4. The Morgan fingerprint density at radius 2 is 0.484 bits per heavy atom. The van der Waals surface area contributed by atoms with Crippen LogP contribution in [0.4, 0.5) is 0 Å². The third-order valence-electron chi connectivity index (χ3n) is 17.8. The first kappa shape index (κ1) is 93.1. The van der Waals surface area contributed by atoms with E-state index in [1.54, 1.807) is 0 Å². The van der Waals surface area contributed by atoms with Crippen molar-refractivity contribution in [3.63, 3.8) is 0 Å². The fourth-order valence-corrected chi connectivity index (χ4v) is 13.3. The van der Waals surface area contributed by atoms with Crippen molar-refractivity contribution >= 4 is 39.5 Å². The SMILES string of the molecule is CCCCCCCCCCCCCCCCCCCC(=O)OC[C@H](COP(=O)(O)OC[C@@H](O)COP(=O)(O)OC[C@@H](COC(=O)CCCCCCCCCCC)OC(=O)CCCCCCCCCCCCC)OC(=O)CCCCCCCCCCCCCCCCCC(C)C. The number of hydrogen-bond acceptors (Lipinski definition) is 15. The van der Waals surface area contributed by atoms with E-state index in [9.17, 15) is 43.2 Å². The van der Waals surface area contributed by atoms with Gasteiger partial charge in [-0.1, -0.05) is 349 Å². The van der Waals surface area contributed by atoms with Crippen LogP contribution in [-0.2, 0) is 65.4 Å². The third kappa shape index (κ3) is 70.3. The van der Waals surface area contributed by atoms with Gasteiger partial charge in [0, 0.05) is 25.7 Å². The minimum Gasteiger partial charge on any atom is -0.462 e. The summed E-state index contributed by atoms with van der Waals surface area (Å²) in [5, 5.41) is 10.6. The van der Waals surface area contributed by atoms with Crippen molar-refractivity contribution in [1.82, 2.24) is 0 Å². The molecule has 0 aliphatic carbocycles. The van der Waals surface area contributed by atoms with Crippen molar-refractivity contribution in [2.75, 3.05) is 39.6 Å². The van der Waals surface area contributed by atoms with Gasteiger partial charge in [-0.3, -0.25) is 37.3 Å². The van der Waals surface area contributed by atoms with E-state index in [0.29, 0.717) is 25.7 Å². The van der Waals surface area contributed by atoms with Crippen LogP contribution in [0.15, 0.2) is 0 Å². The predicted octanol–water partition coefficient (Wildman–Crippen LogP) is 22.5. The summed E-state index contributed by atoms with van der Waals surface area (Å²) in [6, 6.07) is 0. The van der Waals surface area contributed by atoms with E-state index in [-0.39, 0.29) is 25.7 Å². The molecule has 0 aromatic rings. The van der Waals surface area contributed by atoms with E-state index >= 15 is 0 Å². The van der Waals surface area contributed by atoms with Crippen molar-refractivity contribution in [2.24, 2.45) is 5.92 Å². The molecule has 0 aliphatic rings. The van der Waals surface area contributed by atoms with Crippen molar-refractivity contribution in [3.8, 4) is 0 Å². The Labute approximate surface area is 581 Å². The Bertz CT molecular complexity index is 1820. The Hall–Kier alpha value is -1.94. The molecule has 95 heavy (non-hydrogen) atoms. The molecule has 3 N–H and O–H groups in total. The van der Waals surface area contributed by atoms with Crippen molar-refractivity contribution < 1.29 is 80.2 Å². The monoisotopic (exact) mass is 1400 g/mol. The van der Waals surface area contributed by atoms with Gasteiger partial charge in [-0.05, 0) is 31.6 Å². The van der Waals surface area contributed by atoms with Gasteiger partial charge in [-0.2, -0.15) is 0 Å². The highest BCUT2D eigenvalue weighted by molar-refractivity contribution is 7.47. The summed E-state index contributed by atoms with van der Waals surface area (Å²) in [6.45, 7) is 7.30. The fraction of sp³-hybridized carbons (Fsp3) is 0.947. The zero-order valence-electron chi connectivity index (χ0n) is 61.8. The molecular weight excluding hydrogens is 1250 g/mol. The molecule has 0 aliphatic heterocycles. The summed E-state index contributed by atoms with van der Waals surface area (Å²) in [4.78, 5) is 72.7. The normalized spacial score (nSPS) is 13.9. The van der Waals surface area contributed by atoms with E-state index in [2.05, 4.69) is 34.6 Å². The molecule has 0 radical (unpaired) electrons. The first-order valence-corrected chi connectivity index (χ1v) is 42.6. The van der Waals surface area contributed by atoms with E-state index in [4.69, 9.17) is 37.0 Å². The lowest BCUT2D eigenvalue weighted by Crippen LogP contribution is -2.30. The summed E-state index contributed by atoms with van der Waals surface area (Å²) < 4.78 is 68.5. The van der Waals surface area contributed by atoms with E-state index in [1.807, 2.05) is 0 Å². The summed E-state index contributed by atoms with van der Waals surface area (Å²) >= 11 is 0. The number of esters is 4. The van der Waals surface area contributed by atoms with Crippen LogP contribution in [0.1, 0.15) is 401 Å². The van der Waals surface area contributed by atoms with Crippen molar-refractivity contribution in [1.29, 1.82) is 0 Å². The fourth-order valence-electron chi connectivity index (χ4n) is 11.7. The first-order chi connectivity index (χ1) is 46.0. The molecule has 564 valence electrons. The molecule has 17 nitrogen and oxygen atoms in total. The van der Waals surface area contributed by atoms with Gasteiger partial charge >= 0.3 is 39.5 Å². The molecule has 0 saturated heterocycles. The molecule has 0 spiro atoms. The number of aliphatic hydroxyl groups excluding tert-OH is 1. The van der Waals surface area contributed by atoms with Gasteiger partial charge in [0.2, 0.25) is 0 Å². The standard InChI is InChI=1S/C76H148O17P2/c1-6-9-12-15-18-21-23-24-25-26-29-32-36-40-45-50-55-60-74(79)87-66-72(93-76(81)62-57-52-47-42-37-33-30-27-28-31-35-39-43-48-53-58-69(4)5)68-91-95(84,85)89-64-70(77)63-88-94(82,83)90-67-71(65-86-73(78)59-54-49-44-38-20-17-14-11-8-3)92-75(80)61-56-51-46-41-34-22-19-16-13-10-7-2/h69-72,77H,6-68H2,1-5H3,(H,82,83)(H,84,85)/t70-,71+,72+/m0/s1. The Kier molecular flexibility index (Phi) is 67.7. The summed E-state index contributed by atoms with van der Waals surface area (Å²) in [5.41, 5.74) is 0. The molecule has 0 aromatic heterocycles. The summed E-state index contributed by atoms with van der Waals surface area (Å²) in [6.07, 6.45) is 58.2. The average Bonchev–Trinajstić information content (AvgIpc) is 3.72. The number of rotatable bonds is 76. The topological polar surface area (TPSA) is 237 Å². The van der Waals surface area contributed by atoms with Gasteiger partial charge in [0.15, 0.2) is 12.2 Å². The molecule has 2 unspecified atom stereocenters. The number of ether oxygens (including phenoxy) is 4. The van der Waals surface area contributed by atoms with Crippen LogP contribution in [0.2, 0.25) is 0 Å². The molecule has 19 heteroatoms. The quantitative estimate of drug-likeness (QED) is 0.0222. The molecule has 0 rings (SSSR count). The number of hydrogen-bond donors (Lipinski definition) is 3. The lowest BCUT2D eigenvalue weighted by Gasteiger charge is -2.21. The second-order valence-corrected chi connectivity index (χ2v) is 30.8. The highest BCUT2D eigenvalue weighted by Gasteiger charge is 2.30. The van der Waals surface area contributed by atoms with E-state index in [0.717, 1.165) is 95.8 Å². The van der Waals surface area contributed by atoms with Crippen LogP contribution in [0, 0.1) is 5.92 Å². The minimum absolute atomic E-state index is 0.107. The van der Waals surface area contributed by atoms with Gasteiger partial charge in [0.05, 0.1) is 26.4 Å². The maximum absolute atomic E-state index is 13.1. The van der Waals surface area contributed by atoms with Crippen LogP contribution in [-0.4, -0.2) is 96.7 Å². The molecule has 0 amide bonds. The van der Waals surface area contributed by atoms with Crippen LogP contribution in [0.25, 0.3) is 0 Å². The molecule has 5 atom stereocenters. The number of unbranched alkanes of at least 4 members (excludes halogenated alkanes) is 48. The summed E-state index contributed by atoms with van der Waals surface area (Å²) in [7, 11) is -9.91. The Morgan fingerprint density at radius 1 is 0.284 bits per heavy atom. The molecule has 0 bridgehead atoms. The Morgan fingerprint density at radius 3 is 0.716 bits per heavy atom. The highest BCUT2D eigenvalue weighted by atomic mass is 31.2. The largest absolute Gasteiger partial charge is 0.472 e. The van der Waals surface area contributed by atoms with Crippen LogP contribution < -0.4 is 0 Å². The third-order valence-corrected chi connectivity index (χ3v) is 19.7. The van der Waals surface area contributed by atoms with Gasteiger partial charge in [0.25, 0.3) is 0 Å². The second-order valence-electron chi connectivity index (χ2n) is 27.9. The first-order valence-electron chi connectivity index (χ1n) is 39.6. The highest BCUT2D eigenvalue weighted by Crippen LogP contribution is 2.45. The van der Waals surface area contributed by atoms with Crippen LogP contribution in [0.5, 0.6) is 0 Å². The lowest BCUT2D eigenvalue weighted by atomic mass is 10.0. The van der Waals surface area contributed by atoms with Crippen molar-refractivity contribution in [3.05, 3.63) is 0 Å². The van der Waals surface area contributed by atoms with E-state index in [1.165, 1.54) is 225 Å². The lowest BCUT2D eigenvalue weighted by molar-refractivity contribution is -0.161. The zero-order chi connectivity index (χ0) is 69.8. The maximum Gasteiger partial charge on any atom is 0.472 e. The predicted molar refractivity (Wildman–Crippen MR) is 386 cm³/mol. The molecule has 0 aromatic carbocycles. The maximum atomic E-state index is 13.1. The molecular formula is C76H148O17P2.